The minimum absolute atomic E-state index is 0.117. The van der Waals surface area contributed by atoms with Gasteiger partial charge in [-0.1, -0.05) is 18.2 Å². The summed E-state index contributed by atoms with van der Waals surface area (Å²) in [6, 6.07) is 19.1. The van der Waals surface area contributed by atoms with E-state index in [0.717, 1.165) is 5.56 Å². The highest BCUT2D eigenvalue weighted by Gasteiger charge is 2.44. The number of rotatable bonds is 8. The fourth-order valence-corrected chi connectivity index (χ4v) is 3.57. The summed E-state index contributed by atoms with van der Waals surface area (Å²) in [6.07, 6.45) is 3.42. The van der Waals surface area contributed by atoms with Crippen LogP contribution in [0.1, 0.15) is 22.8 Å². The van der Waals surface area contributed by atoms with E-state index < -0.39 is 17.8 Å². The number of imide groups is 1. The first-order valence-electron chi connectivity index (χ1n) is 10.8. The molecular weight excluding hydrogens is 434 g/mol. The zero-order chi connectivity index (χ0) is 24.1. The summed E-state index contributed by atoms with van der Waals surface area (Å²) in [5, 5.41) is 3.08. The van der Waals surface area contributed by atoms with Crippen LogP contribution in [0.2, 0.25) is 0 Å². The Morgan fingerprint density at radius 3 is 2.24 bits per heavy atom. The number of pyridine rings is 1. The van der Waals surface area contributed by atoms with Crippen molar-refractivity contribution in [3.05, 3.63) is 95.9 Å². The molecule has 1 N–H and O–H groups in total. The molecule has 0 aliphatic carbocycles. The molecular formula is C26H24N3O5+. The Kier molecular flexibility index (Phi) is 6.68. The quantitative estimate of drug-likeness (QED) is 0.317. The van der Waals surface area contributed by atoms with Gasteiger partial charge in [0.25, 0.3) is 5.91 Å². The summed E-state index contributed by atoms with van der Waals surface area (Å²) in [4.78, 5) is 39.8. The van der Waals surface area contributed by atoms with Crippen LogP contribution in [0.15, 0.2) is 84.8 Å². The minimum atomic E-state index is -0.443. The van der Waals surface area contributed by atoms with E-state index in [2.05, 4.69) is 5.32 Å². The molecule has 34 heavy (non-hydrogen) atoms. The number of anilines is 1. The van der Waals surface area contributed by atoms with Gasteiger partial charge in [0.1, 0.15) is 5.75 Å². The second-order valence-corrected chi connectivity index (χ2v) is 7.47. The van der Waals surface area contributed by atoms with Gasteiger partial charge in [-0.15, -0.1) is 0 Å². The van der Waals surface area contributed by atoms with Crippen molar-refractivity contribution >= 4 is 29.2 Å². The first-order valence-corrected chi connectivity index (χ1v) is 10.8. The van der Waals surface area contributed by atoms with E-state index >= 15 is 0 Å². The number of carbonyl (C=O) groups excluding carboxylic acids is 3. The predicted octanol–water partition coefficient (Wildman–Crippen LogP) is 3.01. The molecule has 0 unspecified atom stereocenters. The molecule has 0 fully saturated rings. The zero-order valence-corrected chi connectivity index (χ0v) is 18.9. The molecule has 0 saturated heterocycles. The molecule has 4 rings (SSSR count). The van der Waals surface area contributed by atoms with Gasteiger partial charge in [0, 0.05) is 17.8 Å². The highest BCUT2D eigenvalue weighted by Crippen LogP contribution is 2.25. The molecule has 2 aromatic carbocycles. The molecule has 0 bridgehead atoms. The summed E-state index contributed by atoms with van der Waals surface area (Å²) >= 11 is 0. The van der Waals surface area contributed by atoms with E-state index in [1.165, 1.54) is 4.90 Å². The fourth-order valence-electron chi connectivity index (χ4n) is 3.57. The smallest absolute Gasteiger partial charge is 0.338 e. The average Bonchev–Trinajstić information content (AvgIpc) is 3.09. The Labute approximate surface area is 197 Å². The van der Waals surface area contributed by atoms with Crippen LogP contribution in [-0.4, -0.2) is 36.4 Å². The lowest BCUT2D eigenvalue weighted by Gasteiger charge is -2.14. The SMILES string of the molecule is CCOC(=O)c1ccc(NC2=C([n+]3ccccc3)C(=O)N(Cc3ccc(OC)cc3)C2=O)cc1. The van der Waals surface area contributed by atoms with Gasteiger partial charge >= 0.3 is 17.6 Å². The molecule has 1 aliphatic rings. The van der Waals surface area contributed by atoms with Gasteiger partial charge in [-0.2, -0.15) is 4.57 Å². The second-order valence-electron chi connectivity index (χ2n) is 7.47. The van der Waals surface area contributed by atoms with Crippen LogP contribution in [0, 0.1) is 0 Å². The van der Waals surface area contributed by atoms with E-state index in [1.54, 1.807) is 79.5 Å². The van der Waals surface area contributed by atoms with Crippen molar-refractivity contribution in [2.45, 2.75) is 13.5 Å². The number of nitrogens with one attached hydrogen (secondary N) is 1. The summed E-state index contributed by atoms with van der Waals surface area (Å²) in [7, 11) is 1.58. The van der Waals surface area contributed by atoms with E-state index in [1.807, 2.05) is 18.2 Å². The maximum Gasteiger partial charge on any atom is 0.338 e. The lowest BCUT2D eigenvalue weighted by Crippen LogP contribution is -2.39. The number of hydrogen-bond acceptors (Lipinski definition) is 6. The van der Waals surface area contributed by atoms with Crippen molar-refractivity contribution in [2.75, 3.05) is 19.0 Å². The molecule has 3 aromatic rings. The normalized spacial score (nSPS) is 13.3. The maximum atomic E-state index is 13.4. The van der Waals surface area contributed by atoms with Crippen LogP contribution in [0.4, 0.5) is 5.69 Å². The van der Waals surface area contributed by atoms with Crippen molar-refractivity contribution in [1.82, 2.24) is 4.90 Å². The Hall–Kier alpha value is -4.46. The molecule has 8 nitrogen and oxygen atoms in total. The number of ether oxygens (including phenoxy) is 2. The van der Waals surface area contributed by atoms with Gasteiger partial charge in [-0.05, 0) is 48.9 Å². The van der Waals surface area contributed by atoms with Crippen molar-refractivity contribution in [2.24, 2.45) is 0 Å². The van der Waals surface area contributed by atoms with Crippen molar-refractivity contribution in [3.63, 3.8) is 0 Å². The third-order valence-electron chi connectivity index (χ3n) is 5.28. The van der Waals surface area contributed by atoms with Crippen LogP contribution in [0.3, 0.4) is 0 Å². The number of methoxy groups -OCH3 is 1. The van der Waals surface area contributed by atoms with Crippen LogP contribution in [-0.2, 0) is 20.9 Å². The number of nitrogens with zero attached hydrogens (tertiary/aromatic N) is 2. The first-order chi connectivity index (χ1) is 16.5. The standard InChI is InChI=1S/C26H23N3O5/c1-3-34-26(32)19-9-11-20(12-10-19)27-22-23(28-15-5-4-6-16-28)25(31)29(24(22)30)17-18-7-13-21(33-2)14-8-18/h4-16H,3,17H2,1-2H3/p+1. The van der Waals surface area contributed by atoms with Gasteiger partial charge in [-0.3, -0.25) is 14.5 Å². The Morgan fingerprint density at radius 1 is 0.941 bits per heavy atom. The summed E-state index contributed by atoms with van der Waals surface area (Å²) in [5.41, 5.74) is 2.12. The summed E-state index contributed by atoms with van der Waals surface area (Å²) in [6.45, 7) is 2.14. The summed E-state index contributed by atoms with van der Waals surface area (Å²) in [5.74, 6) is -0.592. The second kappa shape index (κ2) is 9.99. The summed E-state index contributed by atoms with van der Waals surface area (Å²) < 4.78 is 11.8. The predicted molar refractivity (Wildman–Crippen MR) is 124 cm³/mol. The number of amides is 2. The van der Waals surface area contributed by atoms with Crippen LogP contribution >= 0.6 is 0 Å². The van der Waals surface area contributed by atoms with Gasteiger partial charge in [0.05, 0.1) is 25.8 Å². The molecule has 1 aromatic heterocycles. The largest absolute Gasteiger partial charge is 0.497 e. The zero-order valence-electron chi connectivity index (χ0n) is 18.9. The van der Waals surface area contributed by atoms with Crippen LogP contribution in [0.5, 0.6) is 5.75 Å². The molecule has 0 atom stereocenters. The topological polar surface area (TPSA) is 88.8 Å². The fraction of sp³-hybridized carbons (Fsp3) is 0.154. The van der Waals surface area contributed by atoms with Crippen LogP contribution < -0.4 is 14.6 Å². The Balaban J connectivity index is 1.64. The van der Waals surface area contributed by atoms with E-state index in [9.17, 15) is 14.4 Å². The van der Waals surface area contributed by atoms with E-state index in [0.29, 0.717) is 17.0 Å². The number of benzene rings is 2. The molecule has 0 spiro atoms. The number of carbonyl (C=O) groups is 3. The lowest BCUT2D eigenvalue weighted by atomic mass is 10.2. The van der Waals surface area contributed by atoms with Gasteiger partial charge < -0.3 is 14.8 Å². The highest BCUT2D eigenvalue weighted by atomic mass is 16.5. The highest BCUT2D eigenvalue weighted by molar-refractivity contribution is 6.30. The van der Waals surface area contributed by atoms with Crippen molar-refractivity contribution in [1.29, 1.82) is 0 Å². The maximum absolute atomic E-state index is 13.4. The van der Waals surface area contributed by atoms with E-state index in [-0.39, 0.29) is 24.5 Å². The molecule has 2 heterocycles. The Bertz CT molecular complexity index is 1240. The number of hydrogen-bond donors (Lipinski definition) is 1. The van der Waals surface area contributed by atoms with E-state index in [4.69, 9.17) is 9.47 Å². The van der Waals surface area contributed by atoms with Crippen molar-refractivity contribution in [3.8, 4) is 5.75 Å². The number of esters is 1. The van der Waals surface area contributed by atoms with Crippen molar-refractivity contribution < 1.29 is 28.4 Å². The van der Waals surface area contributed by atoms with Gasteiger partial charge in [0.2, 0.25) is 0 Å². The monoisotopic (exact) mass is 458 g/mol. The van der Waals surface area contributed by atoms with Gasteiger partial charge in [0.15, 0.2) is 18.1 Å². The van der Waals surface area contributed by atoms with Crippen LogP contribution in [0.25, 0.3) is 5.70 Å². The lowest BCUT2D eigenvalue weighted by molar-refractivity contribution is -0.577. The molecule has 8 heteroatoms. The third-order valence-corrected chi connectivity index (χ3v) is 5.28. The molecule has 172 valence electrons. The molecule has 0 radical (unpaired) electrons. The van der Waals surface area contributed by atoms with Gasteiger partial charge in [-0.25, -0.2) is 4.79 Å². The number of aromatic nitrogens is 1. The molecule has 2 amide bonds. The first kappa shape index (κ1) is 22.7. The third kappa shape index (κ3) is 4.66. The Morgan fingerprint density at radius 2 is 1.62 bits per heavy atom. The average molecular weight is 458 g/mol. The minimum Gasteiger partial charge on any atom is -0.497 e. The molecule has 1 aliphatic heterocycles. The molecule has 0 saturated carbocycles.